The normalized spacial score (nSPS) is 21.4. The summed E-state index contributed by atoms with van der Waals surface area (Å²) in [6, 6.07) is 2.99. The van der Waals surface area contributed by atoms with Gasteiger partial charge in [-0.05, 0) is 58.8 Å². The Balaban J connectivity index is 1.93. The summed E-state index contributed by atoms with van der Waals surface area (Å²) in [4.78, 5) is 2.43. The second-order valence-electron chi connectivity index (χ2n) is 5.62. The average molecular weight is 249 g/mol. The Morgan fingerprint density at radius 1 is 1.39 bits per heavy atom. The van der Waals surface area contributed by atoms with Gasteiger partial charge in [0.15, 0.2) is 0 Å². The lowest BCUT2D eigenvalue weighted by Crippen LogP contribution is -2.43. The molecule has 1 aromatic rings. The fourth-order valence-corrected chi connectivity index (χ4v) is 3.13. The van der Waals surface area contributed by atoms with E-state index in [0.29, 0.717) is 6.04 Å². The summed E-state index contributed by atoms with van der Waals surface area (Å²) in [5, 5.41) is 3.72. The van der Waals surface area contributed by atoms with E-state index in [4.69, 9.17) is 0 Å². The van der Waals surface area contributed by atoms with E-state index >= 15 is 0 Å². The monoisotopic (exact) mass is 249 g/mol. The third-order valence-electron chi connectivity index (χ3n) is 4.20. The molecule has 1 saturated heterocycles. The fourth-order valence-electron chi connectivity index (χ4n) is 3.13. The van der Waals surface area contributed by atoms with Gasteiger partial charge in [-0.25, -0.2) is 0 Å². The molecule has 3 heteroatoms. The van der Waals surface area contributed by atoms with E-state index < -0.39 is 0 Å². The van der Waals surface area contributed by atoms with Crippen LogP contribution in [0.4, 0.5) is 0 Å². The molecule has 0 aromatic carbocycles. The van der Waals surface area contributed by atoms with Gasteiger partial charge in [-0.1, -0.05) is 0 Å². The van der Waals surface area contributed by atoms with Gasteiger partial charge in [0, 0.05) is 37.1 Å². The molecule has 1 aliphatic heterocycles. The van der Waals surface area contributed by atoms with Gasteiger partial charge in [0.05, 0.1) is 0 Å². The van der Waals surface area contributed by atoms with Crippen molar-refractivity contribution in [3.05, 3.63) is 23.0 Å². The second kappa shape index (κ2) is 5.89. The van der Waals surface area contributed by atoms with E-state index in [1.165, 1.54) is 42.9 Å². The first-order chi connectivity index (χ1) is 8.61. The molecule has 1 fully saturated rings. The van der Waals surface area contributed by atoms with Crippen LogP contribution in [0.2, 0.25) is 0 Å². The first-order valence-corrected chi connectivity index (χ1v) is 7.19. The molecular formula is C15H27N3. The number of likely N-dealkylation sites (N-methyl/N-ethyl adjacent to an activating group) is 1. The van der Waals surface area contributed by atoms with Crippen molar-refractivity contribution in [2.75, 3.05) is 20.1 Å². The number of nitrogens with one attached hydrogen (secondary N) is 1. The quantitative estimate of drug-likeness (QED) is 0.883. The smallest absolute Gasteiger partial charge is 0.0226 e. The summed E-state index contributed by atoms with van der Waals surface area (Å²) < 4.78 is 2.39. The summed E-state index contributed by atoms with van der Waals surface area (Å²) >= 11 is 0. The summed E-state index contributed by atoms with van der Waals surface area (Å²) in [7, 11) is 2.22. The highest BCUT2D eigenvalue weighted by molar-refractivity contribution is 5.26. The van der Waals surface area contributed by atoms with Crippen molar-refractivity contribution in [2.45, 2.75) is 52.7 Å². The van der Waals surface area contributed by atoms with E-state index in [9.17, 15) is 0 Å². The molecule has 3 nitrogen and oxygen atoms in total. The Hall–Kier alpha value is -0.800. The highest BCUT2D eigenvalue weighted by atomic mass is 15.1. The summed E-state index contributed by atoms with van der Waals surface area (Å²) in [6.07, 6.45) is 2.64. The second-order valence-corrected chi connectivity index (χ2v) is 5.62. The molecule has 2 heterocycles. The average Bonchev–Trinajstić information content (AvgIpc) is 2.61. The van der Waals surface area contributed by atoms with Crippen LogP contribution in [0.25, 0.3) is 0 Å². The molecule has 0 radical (unpaired) electrons. The molecule has 0 amide bonds. The van der Waals surface area contributed by atoms with Gasteiger partial charge in [0.2, 0.25) is 0 Å². The molecule has 1 aliphatic rings. The molecule has 0 aliphatic carbocycles. The number of rotatable bonds is 4. The van der Waals surface area contributed by atoms with Crippen LogP contribution in [-0.2, 0) is 13.1 Å². The maximum absolute atomic E-state index is 3.72. The number of piperidine rings is 1. The lowest BCUT2D eigenvalue weighted by molar-refractivity contribution is 0.226. The highest BCUT2D eigenvalue weighted by Gasteiger charge is 2.17. The molecule has 0 bridgehead atoms. The zero-order valence-corrected chi connectivity index (χ0v) is 12.3. The van der Waals surface area contributed by atoms with Crippen molar-refractivity contribution in [1.29, 1.82) is 0 Å². The lowest BCUT2D eigenvalue weighted by atomic mass is 10.1. The predicted molar refractivity (Wildman–Crippen MR) is 76.9 cm³/mol. The largest absolute Gasteiger partial charge is 0.349 e. The molecule has 1 N–H and O–H groups in total. The molecular weight excluding hydrogens is 222 g/mol. The van der Waals surface area contributed by atoms with Gasteiger partial charge in [-0.3, -0.25) is 0 Å². The van der Waals surface area contributed by atoms with Crippen LogP contribution in [0.5, 0.6) is 0 Å². The van der Waals surface area contributed by atoms with Gasteiger partial charge in [-0.15, -0.1) is 0 Å². The Morgan fingerprint density at radius 2 is 2.17 bits per heavy atom. The van der Waals surface area contributed by atoms with E-state index in [2.05, 4.69) is 48.7 Å². The number of nitrogens with zero attached hydrogens (tertiary/aromatic N) is 2. The third-order valence-corrected chi connectivity index (χ3v) is 4.20. The number of hydrogen-bond donors (Lipinski definition) is 1. The van der Waals surface area contributed by atoms with Crippen molar-refractivity contribution in [3.63, 3.8) is 0 Å². The topological polar surface area (TPSA) is 20.2 Å². The molecule has 1 unspecified atom stereocenters. The standard InChI is InChI=1S/C15H27N3/c1-5-18-12(2)9-14(13(18)3)10-16-15-7-6-8-17(4)11-15/h9,15-16H,5-8,10-11H2,1-4H3. The maximum atomic E-state index is 3.72. The minimum Gasteiger partial charge on any atom is -0.349 e. The van der Waals surface area contributed by atoms with Crippen LogP contribution in [0.3, 0.4) is 0 Å². The zero-order chi connectivity index (χ0) is 13.1. The summed E-state index contributed by atoms with van der Waals surface area (Å²) in [6.45, 7) is 11.2. The SMILES string of the molecule is CCn1c(C)cc(CNC2CCCN(C)C2)c1C. The Bertz CT molecular complexity index is 395. The van der Waals surface area contributed by atoms with Crippen LogP contribution >= 0.6 is 0 Å². The van der Waals surface area contributed by atoms with Gasteiger partial charge >= 0.3 is 0 Å². The summed E-state index contributed by atoms with van der Waals surface area (Å²) in [5.41, 5.74) is 4.27. The summed E-state index contributed by atoms with van der Waals surface area (Å²) in [5.74, 6) is 0. The van der Waals surface area contributed by atoms with Crippen LogP contribution in [0, 0.1) is 13.8 Å². The van der Waals surface area contributed by atoms with Gasteiger partial charge in [-0.2, -0.15) is 0 Å². The molecule has 102 valence electrons. The Kier molecular flexibility index (Phi) is 4.46. The van der Waals surface area contributed by atoms with Gasteiger partial charge in [0.25, 0.3) is 0 Å². The molecule has 18 heavy (non-hydrogen) atoms. The Labute approximate surface area is 111 Å². The highest BCUT2D eigenvalue weighted by Crippen LogP contribution is 2.16. The van der Waals surface area contributed by atoms with E-state index in [0.717, 1.165) is 13.1 Å². The number of likely N-dealkylation sites (tertiary alicyclic amines) is 1. The zero-order valence-electron chi connectivity index (χ0n) is 12.3. The van der Waals surface area contributed by atoms with Gasteiger partial charge in [0.1, 0.15) is 0 Å². The van der Waals surface area contributed by atoms with E-state index in [1.54, 1.807) is 0 Å². The van der Waals surface area contributed by atoms with Crippen LogP contribution in [0.1, 0.15) is 36.7 Å². The van der Waals surface area contributed by atoms with Crippen LogP contribution in [0.15, 0.2) is 6.07 Å². The lowest BCUT2D eigenvalue weighted by Gasteiger charge is -2.30. The maximum Gasteiger partial charge on any atom is 0.0226 e. The van der Waals surface area contributed by atoms with Crippen LogP contribution < -0.4 is 5.32 Å². The first kappa shape index (κ1) is 13.6. The van der Waals surface area contributed by atoms with Gasteiger partial charge < -0.3 is 14.8 Å². The van der Waals surface area contributed by atoms with Crippen molar-refractivity contribution < 1.29 is 0 Å². The molecule has 2 rings (SSSR count). The Morgan fingerprint density at radius 3 is 2.78 bits per heavy atom. The minimum atomic E-state index is 0.661. The van der Waals surface area contributed by atoms with E-state index in [-0.39, 0.29) is 0 Å². The number of aryl methyl sites for hydroxylation is 1. The number of hydrogen-bond acceptors (Lipinski definition) is 2. The third kappa shape index (κ3) is 2.96. The fraction of sp³-hybridized carbons (Fsp3) is 0.733. The molecule has 0 saturated carbocycles. The minimum absolute atomic E-state index is 0.661. The number of aromatic nitrogens is 1. The molecule has 1 aromatic heterocycles. The van der Waals surface area contributed by atoms with Crippen LogP contribution in [-0.4, -0.2) is 35.6 Å². The van der Waals surface area contributed by atoms with Crippen molar-refractivity contribution in [2.24, 2.45) is 0 Å². The van der Waals surface area contributed by atoms with Crippen molar-refractivity contribution >= 4 is 0 Å². The van der Waals surface area contributed by atoms with Crippen molar-refractivity contribution in [1.82, 2.24) is 14.8 Å². The molecule has 1 atom stereocenters. The first-order valence-electron chi connectivity index (χ1n) is 7.19. The molecule has 0 spiro atoms. The predicted octanol–water partition coefficient (Wildman–Crippen LogP) is 2.31. The van der Waals surface area contributed by atoms with E-state index in [1.807, 2.05) is 0 Å². The van der Waals surface area contributed by atoms with Crippen molar-refractivity contribution in [3.8, 4) is 0 Å².